The van der Waals surface area contributed by atoms with E-state index in [0.717, 1.165) is 6.07 Å². The van der Waals surface area contributed by atoms with E-state index in [1.165, 1.54) is 37.4 Å². The normalized spacial score (nSPS) is 10.3. The molecule has 6 heteroatoms. The number of rotatable bonds is 5. The Morgan fingerprint density at radius 2 is 1.86 bits per heavy atom. The van der Waals surface area contributed by atoms with Crippen molar-refractivity contribution >= 4 is 21.7 Å². The summed E-state index contributed by atoms with van der Waals surface area (Å²) < 4.78 is 37.5. The number of methoxy groups -OCH3 is 1. The fraction of sp³-hybridized carbons (Fsp3) is 0.133. The Kier molecular flexibility index (Phi) is 4.90. The van der Waals surface area contributed by atoms with Crippen molar-refractivity contribution in [2.45, 2.75) is 0 Å². The molecule has 0 spiro atoms. The van der Waals surface area contributed by atoms with Crippen LogP contribution in [0.2, 0.25) is 0 Å². The molecular formula is C15H11BrF2O3. The zero-order chi connectivity index (χ0) is 15.4. The summed E-state index contributed by atoms with van der Waals surface area (Å²) in [6.07, 6.45) is 0. The van der Waals surface area contributed by atoms with Crippen molar-refractivity contribution in [3.63, 3.8) is 0 Å². The first-order valence-corrected chi connectivity index (χ1v) is 6.75. The van der Waals surface area contributed by atoms with E-state index < -0.39 is 17.4 Å². The molecule has 2 aromatic rings. The van der Waals surface area contributed by atoms with Gasteiger partial charge in [0.05, 0.1) is 7.11 Å². The van der Waals surface area contributed by atoms with Crippen molar-refractivity contribution in [2.24, 2.45) is 0 Å². The van der Waals surface area contributed by atoms with Crippen LogP contribution in [0.15, 0.2) is 40.9 Å². The van der Waals surface area contributed by atoms with Crippen LogP contribution < -0.4 is 9.47 Å². The SMILES string of the molecule is COc1ccc(C(=O)COc2cc(Br)ccc2F)cc1F. The highest BCUT2D eigenvalue weighted by molar-refractivity contribution is 9.10. The first kappa shape index (κ1) is 15.4. The topological polar surface area (TPSA) is 35.5 Å². The van der Waals surface area contributed by atoms with Crippen LogP contribution in [0.25, 0.3) is 0 Å². The maximum atomic E-state index is 13.5. The number of ether oxygens (including phenoxy) is 2. The smallest absolute Gasteiger partial charge is 0.200 e. The van der Waals surface area contributed by atoms with Crippen molar-refractivity contribution < 1.29 is 23.0 Å². The summed E-state index contributed by atoms with van der Waals surface area (Å²) in [7, 11) is 1.33. The predicted octanol–water partition coefficient (Wildman–Crippen LogP) is 4.00. The zero-order valence-corrected chi connectivity index (χ0v) is 12.6. The largest absolute Gasteiger partial charge is 0.494 e. The van der Waals surface area contributed by atoms with Gasteiger partial charge >= 0.3 is 0 Å². The Labute approximate surface area is 128 Å². The third-order valence-electron chi connectivity index (χ3n) is 2.73. The molecule has 0 amide bonds. The molecule has 0 aromatic heterocycles. The molecule has 0 heterocycles. The van der Waals surface area contributed by atoms with Gasteiger partial charge in [-0.05, 0) is 36.4 Å². The number of Topliss-reactive ketones (excluding diaryl/α,β-unsaturated/α-hetero) is 1. The summed E-state index contributed by atoms with van der Waals surface area (Å²) >= 11 is 3.18. The molecule has 0 aliphatic carbocycles. The van der Waals surface area contributed by atoms with E-state index in [1.807, 2.05) is 0 Å². The van der Waals surface area contributed by atoms with E-state index in [4.69, 9.17) is 9.47 Å². The van der Waals surface area contributed by atoms with Gasteiger partial charge in [0.2, 0.25) is 0 Å². The van der Waals surface area contributed by atoms with Gasteiger partial charge in [-0.1, -0.05) is 15.9 Å². The molecular weight excluding hydrogens is 346 g/mol. The van der Waals surface area contributed by atoms with Gasteiger partial charge in [0.1, 0.15) is 0 Å². The summed E-state index contributed by atoms with van der Waals surface area (Å²) in [5.74, 6) is -1.68. The van der Waals surface area contributed by atoms with Crippen molar-refractivity contribution in [1.82, 2.24) is 0 Å². The van der Waals surface area contributed by atoms with Gasteiger partial charge in [0.25, 0.3) is 0 Å². The molecule has 21 heavy (non-hydrogen) atoms. The summed E-state index contributed by atoms with van der Waals surface area (Å²) in [6.45, 7) is -0.390. The van der Waals surface area contributed by atoms with E-state index in [0.29, 0.717) is 4.47 Å². The molecule has 0 atom stereocenters. The van der Waals surface area contributed by atoms with Crippen LogP contribution in [0.3, 0.4) is 0 Å². The van der Waals surface area contributed by atoms with Gasteiger partial charge in [-0.25, -0.2) is 8.78 Å². The first-order valence-electron chi connectivity index (χ1n) is 5.96. The van der Waals surface area contributed by atoms with Crippen molar-refractivity contribution in [1.29, 1.82) is 0 Å². The minimum Gasteiger partial charge on any atom is -0.494 e. The summed E-state index contributed by atoms with van der Waals surface area (Å²) in [5, 5.41) is 0. The van der Waals surface area contributed by atoms with Crippen molar-refractivity contribution in [2.75, 3.05) is 13.7 Å². The van der Waals surface area contributed by atoms with Crippen LogP contribution in [-0.2, 0) is 0 Å². The van der Waals surface area contributed by atoms with Gasteiger partial charge in [0, 0.05) is 10.0 Å². The van der Waals surface area contributed by atoms with Crippen LogP contribution in [0, 0.1) is 11.6 Å². The number of carbonyl (C=O) groups is 1. The highest BCUT2D eigenvalue weighted by Crippen LogP contribution is 2.23. The Morgan fingerprint density at radius 1 is 1.10 bits per heavy atom. The van der Waals surface area contributed by atoms with Crippen LogP contribution in [-0.4, -0.2) is 19.5 Å². The fourth-order valence-corrected chi connectivity index (χ4v) is 1.99. The molecule has 0 aliphatic heterocycles. The zero-order valence-electron chi connectivity index (χ0n) is 11.0. The molecule has 0 saturated heterocycles. The number of hydrogen-bond acceptors (Lipinski definition) is 3. The molecule has 0 bridgehead atoms. The number of hydrogen-bond donors (Lipinski definition) is 0. The van der Waals surface area contributed by atoms with E-state index in [2.05, 4.69) is 15.9 Å². The van der Waals surface area contributed by atoms with Gasteiger partial charge in [-0.15, -0.1) is 0 Å². The lowest BCUT2D eigenvalue weighted by Gasteiger charge is -2.08. The lowest BCUT2D eigenvalue weighted by Crippen LogP contribution is -2.12. The lowest BCUT2D eigenvalue weighted by atomic mass is 10.1. The second-order valence-electron chi connectivity index (χ2n) is 4.14. The Balaban J connectivity index is 2.08. The summed E-state index contributed by atoms with van der Waals surface area (Å²) in [5.41, 5.74) is 0.128. The second kappa shape index (κ2) is 6.67. The van der Waals surface area contributed by atoms with Gasteiger partial charge in [0.15, 0.2) is 35.5 Å². The van der Waals surface area contributed by atoms with Gasteiger partial charge in [-0.3, -0.25) is 4.79 Å². The van der Waals surface area contributed by atoms with Crippen LogP contribution >= 0.6 is 15.9 Å². The van der Waals surface area contributed by atoms with E-state index in [9.17, 15) is 13.6 Å². The molecule has 2 aromatic carbocycles. The lowest BCUT2D eigenvalue weighted by molar-refractivity contribution is 0.0918. The molecule has 0 saturated carbocycles. The first-order chi connectivity index (χ1) is 10.0. The van der Waals surface area contributed by atoms with E-state index >= 15 is 0 Å². The minimum absolute atomic E-state index is 0.0468. The molecule has 110 valence electrons. The van der Waals surface area contributed by atoms with Crippen molar-refractivity contribution in [3.8, 4) is 11.5 Å². The Morgan fingerprint density at radius 3 is 2.52 bits per heavy atom. The molecule has 0 fully saturated rings. The average molecular weight is 357 g/mol. The molecule has 0 aliphatic rings. The summed E-state index contributed by atoms with van der Waals surface area (Å²) in [6, 6.07) is 7.98. The Bertz CT molecular complexity index is 674. The van der Waals surface area contributed by atoms with Gasteiger partial charge in [-0.2, -0.15) is 0 Å². The fourth-order valence-electron chi connectivity index (χ4n) is 1.65. The quantitative estimate of drug-likeness (QED) is 0.759. The van der Waals surface area contributed by atoms with E-state index in [1.54, 1.807) is 0 Å². The highest BCUT2D eigenvalue weighted by Gasteiger charge is 2.12. The average Bonchev–Trinajstić information content (AvgIpc) is 2.47. The van der Waals surface area contributed by atoms with Crippen LogP contribution in [0.4, 0.5) is 8.78 Å². The molecule has 0 N–H and O–H groups in total. The Hall–Kier alpha value is -1.95. The molecule has 0 unspecified atom stereocenters. The highest BCUT2D eigenvalue weighted by atomic mass is 79.9. The number of halogens is 3. The minimum atomic E-state index is -0.642. The number of carbonyl (C=O) groups excluding carboxylic acids is 1. The third-order valence-corrected chi connectivity index (χ3v) is 3.22. The molecule has 0 radical (unpaired) electrons. The van der Waals surface area contributed by atoms with Gasteiger partial charge < -0.3 is 9.47 Å². The number of ketones is 1. The third kappa shape index (κ3) is 3.78. The van der Waals surface area contributed by atoms with Crippen LogP contribution in [0.1, 0.15) is 10.4 Å². The predicted molar refractivity (Wildman–Crippen MR) is 76.9 cm³/mol. The summed E-state index contributed by atoms with van der Waals surface area (Å²) in [4.78, 5) is 11.9. The maximum absolute atomic E-state index is 13.5. The molecule has 2 rings (SSSR count). The van der Waals surface area contributed by atoms with E-state index in [-0.39, 0.29) is 23.7 Å². The second-order valence-corrected chi connectivity index (χ2v) is 5.05. The standard InChI is InChI=1S/C15H11BrF2O3/c1-20-14-5-2-9(6-12(14)18)13(19)8-21-15-7-10(16)3-4-11(15)17/h2-7H,8H2,1H3. The van der Waals surface area contributed by atoms with Crippen molar-refractivity contribution in [3.05, 3.63) is 58.1 Å². The van der Waals surface area contributed by atoms with Crippen LogP contribution in [0.5, 0.6) is 11.5 Å². The molecule has 3 nitrogen and oxygen atoms in total. The monoisotopic (exact) mass is 356 g/mol. The maximum Gasteiger partial charge on any atom is 0.200 e. The number of benzene rings is 2.